The zero-order valence-corrected chi connectivity index (χ0v) is 7.56. The lowest BCUT2D eigenvalue weighted by Gasteiger charge is -2.08. The van der Waals surface area contributed by atoms with E-state index in [-0.39, 0.29) is 12.5 Å². The van der Waals surface area contributed by atoms with Crippen LogP contribution in [0.25, 0.3) is 0 Å². The van der Waals surface area contributed by atoms with Crippen molar-refractivity contribution in [3.05, 3.63) is 30.3 Å². The van der Waals surface area contributed by atoms with Crippen LogP contribution in [0.5, 0.6) is 5.75 Å². The highest BCUT2D eigenvalue weighted by atomic mass is 19.1. The van der Waals surface area contributed by atoms with Crippen LogP contribution in [0.2, 0.25) is 0 Å². The van der Waals surface area contributed by atoms with Gasteiger partial charge in [0.15, 0.2) is 5.96 Å². The predicted molar refractivity (Wildman–Crippen MR) is 52.6 cm³/mol. The quantitative estimate of drug-likeness (QED) is 0.549. The topological polar surface area (TPSA) is 73.6 Å². The van der Waals surface area contributed by atoms with E-state index in [2.05, 4.69) is 4.99 Å². The van der Waals surface area contributed by atoms with Gasteiger partial charge >= 0.3 is 0 Å². The number of nitrogens with two attached hydrogens (primary N) is 2. The van der Waals surface area contributed by atoms with Gasteiger partial charge in [-0.15, -0.1) is 0 Å². The third-order valence-electron chi connectivity index (χ3n) is 1.42. The largest absolute Gasteiger partial charge is 0.458 e. The number of hydrogen-bond acceptors (Lipinski definition) is 2. The summed E-state index contributed by atoms with van der Waals surface area (Å²) >= 11 is 0. The molecular weight excluding hydrogens is 185 g/mol. The van der Waals surface area contributed by atoms with E-state index >= 15 is 0 Å². The number of para-hydroxylation sites is 1. The van der Waals surface area contributed by atoms with Crippen molar-refractivity contribution >= 4 is 5.96 Å². The molecule has 0 saturated carbocycles. The molecule has 0 aliphatic heterocycles. The van der Waals surface area contributed by atoms with Crippen LogP contribution < -0.4 is 16.2 Å². The minimum absolute atomic E-state index is 0.149. The maximum atomic E-state index is 13.0. The van der Waals surface area contributed by atoms with Gasteiger partial charge in [-0.2, -0.15) is 4.39 Å². The number of halogens is 1. The normalized spacial score (nSPS) is 11.8. The fourth-order valence-corrected chi connectivity index (χ4v) is 0.861. The summed E-state index contributed by atoms with van der Waals surface area (Å²) in [5.74, 6) is 0.301. The molecule has 0 aliphatic rings. The summed E-state index contributed by atoms with van der Waals surface area (Å²) in [6.45, 7) is -0.197. The molecule has 0 heterocycles. The Kier molecular flexibility index (Phi) is 3.72. The van der Waals surface area contributed by atoms with Crippen LogP contribution in [0, 0.1) is 0 Å². The van der Waals surface area contributed by atoms with Gasteiger partial charge in [-0.25, -0.2) is 4.99 Å². The van der Waals surface area contributed by atoms with Crippen molar-refractivity contribution in [1.29, 1.82) is 0 Å². The number of nitrogens with zero attached hydrogens (tertiary/aromatic N) is 1. The van der Waals surface area contributed by atoms with E-state index < -0.39 is 6.36 Å². The zero-order valence-electron chi connectivity index (χ0n) is 7.56. The van der Waals surface area contributed by atoms with Gasteiger partial charge in [0.1, 0.15) is 12.3 Å². The minimum Gasteiger partial charge on any atom is -0.458 e. The van der Waals surface area contributed by atoms with Crippen molar-refractivity contribution < 1.29 is 9.13 Å². The van der Waals surface area contributed by atoms with Crippen molar-refractivity contribution in [3.8, 4) is 5.75 Å². The van der Waals surface area contributed by atoms with E-state index in [4.69, 9.17) is 16.2 Å². The van der Waals surface area contributed by atoms with Gasteiger partial charge in [0, 0.05) is 0 Å². The Labute approximate surface area is 81.4 Å². The van der Waals surface area contributed by atoms with E-state index in [1.54, 1.807) is 24.3 Å². The molecule has 1 atom stereocenters. The van der Waals surface area contributed by atoms with Crippen LogP contribution in [0.15, 0.2) is 35.3 Å². The molecule has 1 unspecified atom stereocenters. The zero-order chi connectivity index (χ0) is 10.4. The summed E-state index contributed by atoms with van der Waals surface area (Å²) < 4.78 is 17.9. The number of guanidine groups is 1. The van der Waals surface area contributed by atoms with E-state index in [1.807, 2.05) is 6.07 Å². The molecular formula is C9H12FN3O. The maximum absolute atomic E-state index is 13.0. The monoisotopic (exact) mass is 197 g/mol. The Hall–Kier alpha value is -1.78. The molecule has 0 saturated heterocycles. The molecule has 0 spiro atoms. The molecule has 0 aliphatic carbocycles. The lowest BCUT2D eigenvalue weighted by Crippen LogP contribution is -2.25. The van der Waals surface area contributed by atoms with Gasteiger partial charge in [0.2, 0.25) is 0 Å². The molecule has 14 heavy (non-hydrogen) atoms. The third kappa shape index (κ3) is 3.75. The molecule has 5 heteroatoms. The molecule has 4 N–H and O–H groups in total. The van der Waals surface area contributed by atoms with E-state index in [0.717, 1.165) is 0 Å². The Bertz CT molecular complexity index is 298. The first-order valence-electron chi connectivity index (χ1n) is 4.09. The van der Waals surface area contributed by atoms with Gasteiger partial charge in [0.05, 0.1) is 0 Å². The van der Waals surface area contributed by atoms with Crippen LogP contribution >= 0.6 is 0 Å². The molecule has 0 aromatic heterocycles. The molecule has 0 radical (unpaired) electrons. The molecule has 0 amide bonds. The molecule has 0 fully saturated rings. The minimum atomic E-state index is -1.53. The predicted octanol–water partition coefficient (Wildman–Crippen LogP) is 0.634. The fourth-order valence-electron chi connectivity index (χ4n) is 0.861. The molecule has 76 valence electrons. The summed E-state index contributed by atoms with van der Waals surface area (Å²) in [5.41, 5.74) is 10.1. The van der Waals surface area contributed by atoms with Crippen molar-refractivity contribution in [2.24, 2.45) is 16.5 Å². The summed E-state index contributed by atoms with van der Waals surface area (Å²) in [6.07, 6.45) is -1.53. The Morgan fingerprint density at radius 1 is 1.36 bits per heavy atom. The van der Waals surface area contributed by atoms with Gasteiger partial charge in [0.25, 0.3) is 6.36 Å². The van der Waals surface area contributed by atoms with Crippen molar-refractivity contribution in [1.82, 2.24) is 0 Å². The third-order valence-corrected chi connectivity index (χ3v) is 1.42. The molecule has 0 bridgehead atoms. The lowest BCUT2D eigenvalue weighted by atomic mass is 10.3. The second-order valence-corrected chi connectivity index (χ2v) is 2.61. The van der Waals surface area contributed by atoms with Crippen LogP contribution in [-0.4, -0.2) is 18.9 Å². The number of rotatable bonds is 4. The van der Waals surface area contributed by atoms with E-state index in [1.165, 1.54) is 0 Å². The Morgan fingerprint density at radius 3 is 2.57 bits per heavy atom. The van der Waals surface area contributed by atoms with Gasteiger partial charge in [-0.3, -0.25) is 0 Å². The fraction of sp³-hybridized carbons (Fsp3) is 0.222. The SMILES string of the molecule is NC(N)=NCC(F)Oc1ccccc1. The van der Waals surface area contributed by atoms with Crippen LogP contribution in [0.3, 0.4) is 0 Å². The van der Waals surface area contributed by atoms with Crippen LogP contribution in [-0.2, 0) is 0 Å². The first-order chi connectivity index (χ1) is 6.68. The Balaban J connectivity index is 2.42. The summed E-state index contributed by atoms with van der Waals surface area (Å²) in [7, 11) is 0. The average molecular weight is 197 g/mol. The Morgan fingerprint density at radius 2 is 2.00 bits per heavy atom. The summed E-state index contributed by atoms with van der Waals surface area (Å²) in [6, 6.07) is 8.63. The molecule has 1 aromatic rings. The highest BCUT2D eigenvalue weighted by Crippen LogP contribution is 2.11. The van der Waals surface area contributed by atoms with Crippen LogP contribution in [0.1, 0.15) is 0 Å². The van der Waals surface area contributed by atoms with Crippen molar-refractivity contribution in [2.45, 2.75) is 6.36 Å². The maximum Gasteiger partial charge on any atom is 0.257 e. The van der Waals surface area contributed by atoms with Crippen LogP contribution in [0.4, 0.5) is 4.39 Å². The van der Waals surface area contributed by atoms with Gasteiger partial charge in [-0.05, 0) is 12.1 Å². The van der Waals surface area contributed by atoms with Gasteiger partial charge in [-0.1, -0.05) is 18.2 Å². The summed E-state index contributed by atoms with van der Waals surface area (Å²) in [4.78, 5) is 3.49. The smallest absolute Gasteiger partial charge is 0.257 e. The standard InChI is InChI=1S/C9H12FN3O/c10-8(6-13-9(11)12)14-7-4-2-1-3-5-7/h1-5,8H,6H2,(H4,11,12,13). The first kappa shape index (κ1) is 10.3. The van der Waals surface area contributed by atoms with Gasteiger partial charge < -0.3 is 16.2 Å². The highest BCUT2D eigenvalue weighted by molar-refractivity contribution is 5.75. The molecule has 1 rings (SSSR count). The van der Waals surface area contributed by atoms with E-state index in [0.29, 0.717) is 5.75 Å². The number of aliphatic imine (C=N–C) groups is 1. The average Bonchev–Trinajstić information content (AvgIpc) is 2.16. The van der Waals surface area contributed by atoms with Crippen molar-refractivity contribution in [2.75, 3.05) is 6.54 Å². The second-order valence-electron chi connectivity index (χ2n) is 2.61. The first-order valence-corrected chi connectivity index (χ1v) is 4.09. The molecule has 1 aromatic carbocycles. The number of hydrogen-bond donors (Lipinski definition) is 2. The number of benzene rings is 1. The molecule has 4 nitrogen and oxygen atoms in total. The number of alkyl halides is 1. The lowest BCUT2D eigenvalue weighted by molar-refractivity contribution is 0.0764. The number of ether oxygens (including phenoxy) is 1. The summed E-state index contributed by atoms with van der Waals surface area (Å²) in [5, 5.41) is 0. The van der Waals surface area contributed by atoms with E-state index in [9.17, 15) is 4.39 Å². The highest BCUT2D eigenvalue weighted by Gasteiger charge is 2.06. The second kappa shape index (κ2) is 5.06. The van der Waals surface area contributed by atoms with Crippen molar-refractivity contribution in [3.63, 3.8) is 0 Å².